The standard InChI is InChI=1S/C22H23ClFN3O3/c1-27(11-28)22(25)26-21-17-8-12(13-6-14(23)9-15(24)7-13)2-4-19(17)30-20-5-3-16(29)10-18(20)21/h2,4,6-9,11,16,18,20-21,29H,3,5,10H2,1H3,(H2,25,26)/t16?,18-,20?,21?/m0/s1. The molecule has 30 heavy (non-hydrogen) atoms. The van der Waals surface area contributed by atoms with Crippen molar-refractivity contribution in [1.29, 1.82) is 0 Å². The molecule has 3 unspecified atom stereocenters. The van der Waals surface area contributed by atoms with Gasteiger partial charge in [-0.15, -0.1) is 0 Å². The molecule has 1 aliphatic heterocycles. The Morgan fingerprint density at radius 1 is 1.30 bits per heavy atom. The van der Waals surface area contributed by atoms with Gasteiger partial charge in [-0.05, 0) is 60.7 Å². The van der Waals surface area contributed by atoms with Crippen LogP contribution in [0.2, 0.25) is 5.02 Å². The first-order valence-electron chi connectivity index (χ1n) is 9.82. The second kappa shape index (κ2) is 8.24. The predicted molar refractivity (Wildman–Crippen MR) is 113 cm³/mol. The lowest BCUT2D eigenvalue weighted by molar-refractivity contribution is -0.114. The van der Waals surface area contributed by atoms with Crippen LogP contribution in [0.15, 0.2) is 41.4 Å². The number of guanidine groups is 1. The minimum Gasteiger partial charge on any atom is -0.490 e. The SMILES string of the molecule is CN(C=O)C(N)=NC1c2cc(-c3cc(F)cc(Cl)c3)ccc2OC2CCC(O)C[C@@H]21. The molecule has 4 rings (SSSR count). The molecular formula is C22H23ClFN3O3. The van der Waals surface area contributed by atoms with E-state index < -0.39 is 18.0 Å². The second-order valence-electron chi connectivity index (χ2n) is 7.85. The third-order valence-corrected chi connectivity index (χ3v) is 6.02. The fraction of sp³-hybridized carbons (Fsp3) is 0.364. The van der Waals surface area contributed by atoms with Gasteiger partial charge in [-0.1, -0.05) is 17.7 Å². The third kappa shape index (κ3) is 4.00. The topological polar surface area (TPSA) is 88.2 Å². The zero-order valence-electron chi connectivity index (χ0n) is 16.5. The maximum atomic E-state index is 13.9. The summed E-state index contributed by atoms with van der Waals surface area (Å²) in [6.07, 6.45) is 1.95. The Balaban J connectivity index is 1.81. The second-order valence-corrected chi connectivity index (χ2v) is 8.28. The molecule has 2 aromatic carbocycles. The molecule has 1 heterocycles. The van der Waals surface area contributed by atoms with Crippen molar-refractivity contribution in [3.63, 3.8) is 0 Å². The molecular weight excluding hydrogens is 409 g/mol. The van der Waals surface area contributed by atoms with E-state index in [0.29, 0.717) is 42.0 Å². The van der Waals surface area contributed by atoms with E-state index in [4.69, 9.17) is 22.1 Å². The third-order valence-electron chi connectivity index (χ3n) is 5.81. The summed E-state index contributed by atoms with van der Waals surface area (Å²) in [5, 5.41) is 10.5. The molecule has 0 spiro atoms. The molecule has 3 N–H and O–H groups in total. The van der Waals surface area contributed by atoms with Gasteiger partial charge in [0.1, 0.15) is 17.7 Å². The Morgan fingerprint density at radius 2 is 2.10 bits per heavy atom. The van der Waals surface area contributed by atoms with Crippen LogP contribution in [0.3, 0.4) is 0 Å². The highest BCUT2D eigenvalue weighted by atomic mass is 35.5. The quantitative estimate of drug-likeness (QED) is 0.442. The Kier molecular flexibility index (Phi) is 5.66. The zero-order valence-corrected chi connectivity index (χ0v) is 17.2. The lowest BCUT2D eigenvalue weighted by atomic mass is 9.75. The minimum atomic E-state index is -0.440. The number of rotatable bonds is 3. The van der Waals surface area contributed by atoms with Crippen molar-refractivity contribution >= 4 is 24.0 Å². The van der Waals surface area contributed by atoms with Gasteiger partial charge in [0.2, 0.25) is 6.41 Å². The Morgan fingerprint density at radius 3 is 2.83 bits per heavy atom. The van der Waals surface area contributed by atoms with Crippen LogP contribution in [0.25, 0.3) is 11.1 Å². The van der Waals surface area contributed by atoms with Crippen LogP contribution in [-0.2, 0) is 4.79 Å². The van der Waals surface area contributed by atoms with Gasteiger partial charge in [-0.3, -0.25) is 9.69 Å². The monoisotopic (exact) mass is 431 g/mol. The summed E-state index contributed by atoms with van der Waals surface area (Å²) in [5.41, 5.74) is 8.21. The smallest absolute Gasteiger partial charge is 0.216 e. The number of aliphatic hydroxyl groups is 1. The molecule has 0 radical (unpaired) electrons. The highest BCUT2D eigenvalue weighted by molar-refractivity contribution is 6.30. The van der Waals surface area contributed by atoms with E-state index in [1.54, 1.807) is 6.07 Å². The molecule has 1 fully saturated rings. The van der Waals surface area contributed by atoms with Gasteiger partial charge >= 0.3 is 0 Å². The highest BCUT2D eigenvalue weighted by Gasteiger charge is 2.42. The maximum Gasteiger partial charge on any atom is 0.216 e. The number of benzene rings is 2. The Labute approximate surface area is 179 Å². The number of carbonyl (C=O) groups excluding carboxylic acids is 1. The zero-order chi connectivity index (χ0) is 21.4. The van der Waals surface area contributed by atoms with Crippen molar-refractivity contribution in [2.45, 2.75) is 37.5 Å². The molecule has 1 saturated carbocycles. The van der Waals surface area contributed by atoms with Crippen molar-refractivity contribution in [1.82, 2.24) is 4.90 Å². The van der Waals surface area contributed by atoms with Gasteiger partial charge in [0.15, 0.2) is 5.96 Å². The summed E-state index contributed by atoms with van der Waals surface area (Å²) in [5.74, 6) is 0.245. The highest BCUT2D eigenvalue weighted by Crippen LogP contribution is 2.47. The van der Waals surface area contributed by atoms with E-state index in [1.165, 1.54) is 24.1 Å². The lowest BCUT2D eigenvalue weighted by Crippen LogP contribution is -2.43. The summed E-state index contributed by atoms with van der Waals surface area (Å²) in [6.45, 7) is 0. The number of halogens is 2. The number of hydrogen-bond donors (Lipinski definition) is 2. The summed E-state index contributed by atoms with van der Waals surface area (Å²) in [7, 11) is 1.53. The molecule has 2 aliphatic rings. The average molecular weight is 432 g/mol. The van der Waals surface area contributed by atoms with Crippen molar-refractivity contribution in [2.75, 3.05) is 7.05 Å². The van der Waals surface area contributed by atoms with Gasteiger partial charge in [0.05, 0.1) is 12.1 Å². The van der Waals surface area contributed by atoms with Crippen LogP contribution in [0, 0.1) is 11.7 Å². The number of carbonyl (C=O) groups is 1. The Bertz CT molecular complexity index is 979. The number of nitrogens with two attached hydrogens (primary N) is 1. The Hall–Kier alpha value is -2.64. The number of amides is 1. The number of ether oxygens (including phenoxy) is 1. The minimum absolute atomic E-state index is 0.0841. The van der Waals surface area contributed by atoms with Crippen LogP contribution < -0.4 is 10.5 Å². The van der Waals surface area contributed by atoms with Crippen LogP contribution in [0.5, 0.6) is 5.75 Å². The fourth-order valence-corrected chi connectivity index (χ4v) is 4.49. The average Bonchev–Trinajstić information content (AvgIpc) is 2.72. The fourth-order valence-electron chi connectivity index (χ4n) is 4.27. The van der Waals surface area contributed by atoms with E-state index >= 15 is 0 Å². The number of hydrogen-bond acceptors (Lipinski definition) is 4. The molecule has 1 aliphatic carbocycles. The van der Waals surface area contributed by atoms with Gasteiger partial charge in [0.25, 0.3) is 0 Å². The van der Waals surface area contributed by atoms with Crippen LogP contribution in [0.1, 0.15) is 30.9 Å². The number of aliphatic imine (C=N–C) groups is 1. The number of nitrogens with zero attached hydrogens (tertiary/aromatic N) is 2. The normalized spacial score (nSPS) is 25.7. The molecule has 2 aromatic rings. The first-order chi connectivity index (χ1) is 14.4. The van der Waals surface area contributed by atoms with Crippen LogP contribution in [0.4, 0.5) is 4.39 Å². The molecule has 4 atom stereocenters. The van der Waals surface area contributed by atoms with Crippen molar-refractivity contribution in [2.24, 2.45) is 16.6 Å². The summed E-state index contributed by atoms with van der Waals surface area (Å²) in [4.78, 5) is 17.0. The predicted octanol–water partition coefficient (Wildman–Crippen LogP) is 3.51. The largest absolute Gasteiger partial charge is 0.490 e. The number of fused-ring (bicyclic) bond motifs is 2. The van der Waals surface area contributed by atoms with Gasteiger partial charge in [-0.2, -0.15) is 0 Å². The van der Waals surface area contributed by atoms with E-state index in [2.05, 4.69) is 4.99 Å². The van der Waals surface area contributed by atoms with Gasteiger partial charge in [-0.25, -0.2) is 9.38 Å². The first-order valence-corrected chi connectivity index (χ1v) is 10.2. The van der Waals surface area contributed by atoms with Crippen LogP contribution in [-0.4, -0.2) is 41.6 Å². The molecule has 1 amide bonds. The molecule has 0 bridgehead atoms. The molecule has 0 aromatic heterocycles. The molecule has 6 nitrogen and oxygen atoms in total. The number of aliphatic hydroxyl groups excluding tert-OH is 1. The molecule has 0 saturated heterocycles. The summed E-state index contributed by atoms with van der Waals surface area (Å²) < 4.78 is 20.1. The van der Waals surface area contributed by atoms with E-state index in [1.807, 2.05) is 18.2 Å². The lowest BCUT2D eigenvalue weighted by Gasteiger charge is -2.42. The first kappa shape index (κ1) is 20.6. The summed E-state index contributed by atoms with van der Waals surface area (Å²) in [6, 6.07) is 9.54. The maximum absolute atomic E-state index is 13.9. The van der Waals surface area contributed by atoms with Crippen molar-refractivity contribution in [3.05, 3.63) is 52.8 Å². The summed E-state index contributed by atoms with van der Waals surface area (Å²) >= 11 is 6.03. The van der Waals surface area contributed by atoms with E-state index in [-0.39, 0.29) is 18.0 Å². The van der Waals surface area contributed by atoms with E-state index in [0.717, 1.165) is 11.1 Å². The van der Waals surface area contributed by atoms with Gasteiger partial charge in [0, 0.05) is 23.6 Å². The van der Waals surface area contributed by atoms with Crippen LogP contribution >= 0.6 is 11.6 Å². The van der Waals surface area contributed by atoms with Gasteiger partial charge < -0.3 is 15.6 Å². The van der Waals surface area contributed by atoms with E-state index in [9.17, 15) is 14.3 Å². The van der Waals surface area contributed by atoms with Crippen molar-refractivity contribution in [3.8, 4) is 16.9 Å². The molecule has 8 heteroatoms. The van der Waals surface area contributed by atoms with Crippen molar-refractivity contribution < 1.29 is 19.0 Å². The molecule has 158 valence electrons.